The molecule has 0 radical (unpaired) electrons. The van der Waals surface area contributed by atoms with Crippen molar-refractivity contribution in [1.82, 2.24) is 9.62 Å². The van der Waals surface area contributed by atoms with Crippen molar-refractivity contribution in [2.45, 2.75) is 18.4 Å². The minimum absolute atomic E-state index is 0.0573. The van der Waals surface area contributed by atoms with Gasteiger partial charge in [0, 0.05) is 13.6 Å². The van der Waals surface area contributed by atoms with E-state index >= 15 is 0 Å². The summed E-state index contributed by atoms with van der Waals surface area (Å²) in [4.78, 5) is 11.9. The first-order valence-corrected chi connectivity index (χ1v) is 8.78. The van der Waals surface area contributed by atoms with E-state index in [1.54, 1.807) is 0 Å². The second kappa shape index (κ2) is 7.55. The average molecular weight is 350 g/mol. The Labute approximate surface area is 141 Å². The molecule has 2 aromatic carbocycles. The number of nitrogens with one attached hydrogen (secondary N) is 1. The zero-order valence-electron chi connectivity index (χ0n) is 13.5. The second-order valence-corrected chi connectivity index (χ2v) is 7.46. The fourth-order valence-electron chi connectivity index (χ4n) is 2.13. The Kier molecular flexibility index (Phi) is 5.69. The van der Waals surface area contributed by atoms with Crippen molar-refractivity contribution in [3.8, 4) is 0 Å². The van der Waals surface area contributed by atoms with E-state index in [-0.39, 0.29) is 11.4 Å². The van der Waals surface area contributed by atoms with Crippen molar-refractivity contribution >= 4 is 15.9 Å². The predicted molar refractivity (Wildman–Crippen MR) is 89.2 cm³/mol. The van der Waals surface area contributed by atoms with Crippen LogP contribution in [0.15, 0.2) is 53.4 Å². The summed E-state index contributed by atoms with van der Waals surface area (Å²) in [6, 6.07) is 12.1. The zero-order valence-corrected chi connectivity index (χ0v) is 14.3. The Morgan fingerprint density at radius 2 is 1.75 bits per heavy atom. The fraction of sp³-hybridized carbons (Fsp3) is 0.235. The van der Waals surface area contributed by atoms with Crippen LogP contribution >= 0.6 is 0 Å². The van der Waals surface area contributed by atoms with Crippen LogP contribution in [-0.2, 0) is 21.4 Å². The SMILES string of the molecule is Cc1ccccc1CNC(=O)CN(C)S(=O)(=O)c1ccc(F)cc1. The van der Waals surface area contributed by atoms with Crippen LogP contribution in [0.3, 0.4) is 0 Å². The van der Waals surface area contributed by atoms with Gasteiger partial charge in [-0.3, -0.25) is 4.79 Å². The van der Waals surface area contributed by atoms with Gasteiger partial charge in [-0.05, 0) is 42.3 Å². The number of aryl methyl sites for hydroxylation is 1. The summed E-state index contributed by atoms with van der Waals surface area (Å²) in [7, 11) is -2.52. The Balaban J connectivity index is 1.98. The minimum Gasteiger partial charge on any atom is -0.351 e. The Morgan fingerprint density at radius 3 is 2.38 bits per heavy atom. The zero-order chi connectivity index (χ0) is 17.7. The normalized spacial score (nSPS) is 11.5. The van der Waals surface area contributed by atoms with Gasteiger partial charge in [0.1, 0.15) is 5.82 Å². The minimum atomic E-state index is -3.84. The molecule has 2 aromatic rings. The maximum absolute atomic E-state index is 12.9. The third-order valence-electron chi connectivity index (χ3n) is 3.63. The van der Waals surface area contributed by atoms with Crippen LogP contribution in [0.25, 0.3) is 0 Å². The molecule has 0 aliphatic carbocycles. The summed E-state index contributed by atoms with van der Waals surface area (Å²) in [5.41, 5.74) is 2.01. The highest BCUT2D eigenvalue weighted by molar-refractivity contribution is 7.89. The number of hydrogen-bond donors (Lipinski definition) is 1. The molecule has 0 aromatic heterocycles. The van der Waals surface area contributed by atoms with Gasteiger partial charge in [0.15, 0.2) is 0 Å². The number of sulfonamides is 1. The van der Waals surface area contributed by atoms with Crippen molar-refractivity contribution in [3.05, 3.63) is 65.5 Å². The molecule has 0 unspecified atom stereocenters. The molecule has 128 valence electrons. The van der Waals surface area contributed by atoms with Gasteiger partial charge in [0.05, 0.1) is 11.4 Å². The number of carbonyl (C=O) groups is 1. The van der Waals surface area contributed by atoms with Crippen molar-refractivity contribution in [2.75, 3.05) is 13.6 Å². The molecule has 0 spiro atoms. The standard InChI is InChI=1S/C17H19FN2O3S/c1-13-5-3-4-6-14(13)11-19-17(21)12-20(2)24(22,23)16-9-7-15(18)8-10-16/h3-10H,11-12H2,1-2H3,(H,19,21). The maximum Gasteiger partial charge on any atom is 0.243 e. The highest BCUT2D eigenvalue weighted by atomic mass is 32.2. The number of likely N-dealkylation sites (N-methyl/N-ethyl adjacent to an activating group) is 1. The molecule has 24 heavy (non-hydrogen) atoms. The molecule has 0 bridgehead atoms. The molecule has 0 atom stereocenters. The lowest BCUT2D eigenvalue weighted by Crippen LogP contribution is -2.38. The van der Waals surface area contributed by atoms with E-state index in [4.69, 9.17) is 0 Å². The number of carbonyl (C=O) groups excluding carboxylic acids is 1. The lowest BCUT2D eigenvalue weighted by atomic mass is 10.1. The van der Waals surface area contributed by atoms with Crippen LogP contribution in [-0.4, -0.2) is 32.2 Å². The second-order valence-electron chi connectivity index (χ2n) is 5.42. The smallest absolute Gasteiger partial charge is 0.243 e. The van der Waals surface area contributed by atoms with Crippen molar-refractivity contribution < 1.29 is 17.6 Å². The highest BCUT2D eigenvalue weighted by Crippen LogP contribution is 2.14. The number of rotatable bonds is 6. The number of halogens is 1. The molecule has 0 heterocycles. The van der Waals surface area contributed by atoms with Gasteiger partial charge in [-0.15, -0.1) is 0 Å². The molecule has 0 saturated heterocycles. The summed E-state index contributed by atoms with van der Waals surface area (Å²) in [5, 5.41) is 2.70. The molecule has 1 N–H and O–H groups in total. The molecule has 2 rings (SSSR count). The van der Waals surface area contributed by atoms with Crippen LogP contribution in [0.2, 0.25) is 0 Å². The van der Waals surface area contributed by atoms with Crippen LogP contribution in [0.5, 0.6) is 0 Å². The molecule has 5 nitrogen and oxygen atoms in total. The third-order valence-corrected chi connectivity index (χ3v) is 5.44. The lowest BCUT2D eigenvalue weighted by Gasteiger charge is -2.17. The van der Waals surface area contributed by atoms with E-state index in [0.29, 0.717) is 6.54 Å². The highest BCUT2D eigenvalue weighted by Gasteiger charge is 2.22. The number of nitrogens with zero attached hydrogens (tertiary/aromatic N) is 1. The van der Waals surface area contributed by atoms with Crippen LogP contribution in [0, 0.1) is 12.7 Å². The lowest BCUT2D eigenvalue weighted by molar-refractivity contribution is -0.121. The summed E-state index contributed by atoms with van der Waals surface area (Å²) in [5.74, 6) is -0.931. The number of hydrogen-bond acceptors (Lipinski definition) is 3. The Bertz CT molecular complexity index is 820. The number of benzene rings is 2. The van der Waals surface area contributed by atoms with Gasteiger partial charge in [0.25, 0.3) is 0 Å². The monoisotopic (exact) mass is 350 g/mol. The first-order chi connectivity index (χ1) is 11.3. The van der Waals surface area contributed by atoms with E-state index in [2.05, 4.69) is 5.32 Å². The fourth-order valence-corrected chi connectivity index (χ4v) is 3.26. The largest absolute Gasteiger partial charge is 0.351 e. The van der Waals surface area contributed by atoms with E-state index in [1.807, 2.05) is 31.2 Å². The number of amides is 1. The average Bonchev–Trinajstić information content (AvgIpc) is 2.54. The topological polar surface area (TPSA) is 66.5 Å². The summed E-state index contributed by atoms with van der Waals surface area (Å²) in [6.07, 6.45) is 0. The molecular formula is C17H19FN2O3S. The van der Waals surface area contributed by atoms with E-state index in [1.165, 1.54) is 19.2 Å². The van der Waals surface area contributed by atoms with Crippen molar-refractivity contribution in [2.24, 2.45) is 0 Å². The van der Waals surface area contributed by atoms with Gasteiger partial charge in [0.2, 0.25) is 15.9 Å². The summed E-state index contributed by atoms with van der Waals surface area (Å²) in [6.45, 7) is 1.95. The summed E-state index contributed by atoms with van der Waals surface area (Å²) >= 11 is 0. The van der Waals surface area contributed by atoms with E-state index in [9.17, 15) is 17.6 Å². The third kappa shape index (κ3) is 4.39. The van der Waals surface area contributed by atoms with Gasteiger partial charge >= 0.3 is 0 Å². The molecule has 7 heteroatoms. The Hall–Kier alpha value is -2.25. The van der Waals surface area contributed by atoms with Gasteiger partial charge in [-0.2, -0.15) is 4.31 Å². The van der Waals surface area contributed by atoms with Gasteiger partial charge in [-0.25, -0.2) is 12.8 Å². The van der Waals surface area contributed by atoms with Gasteiger partial charge in [-0.1, -0.05) is 24.3 Å². The first-order valence-electron chi connectivity index (χ1n) is 7.34. The molecule has 0 saturated carbocycles. The molecule has 0 aliphatic rings. The molecule has 0 aliphatic heterocycles. The van der Waals surface area contributed by atoms with E-state index < -0.39 is 21.7 Å². The van der Waals surface area contributed by atoms with Crippen LogP contribution in [0.1, 0.15) is 11.1 Å². The molecule has 1 amide bonds. The first kappa shape index (κ1) is 18.1. The quantitative estimate of drug-likeness (QED) is 0.867. The van der Waals surface area contributed by atoms with Gasteiger partial charge < -0.3 is 5.32 Å². The van der Waals surface area contributed by atoms with Crippen LogP contribution in [0.4, 0.5) is 4.39 Å². The molecular weight excluding hydrogens is 331 g/mol. The van der Waals surface area contributed by atoms with Crippen molar-refractivity contribution in [3.63, 3.8) is 0 Å². The van der Waals surface area contributed by atoms with Crippen LogP contribution < -0.4 is 5.32 Å². The Morgan fingerprint density at radius 1 is 1.12 bits per heavy atom. The van der Waals surface area contributed by atoms with E-state index in [0.717, 1.165) is 27.6 Å². The summed E-state index contributed by atoms with van der Waals surface area (Å²) < 4.78 is 38.5. The maximum atomic E-state index is 12.9. The molecule has 0 fully saturated rings. The predicted octanol–water partition coefficient (Wildman–Crippen LogP) is 2.07. The van der Waals surface area contributed by atoms with Crippen molar-refractivity contribution in [1.29, 1.82) is 0 Å².